The lowest BCUT2D eigenvalue weighted by atomic mass is 9.83. The lowest BCUT2D eigenvalue weighted by molar-refractivity contribution is 0.123. The minimum atomic E-state index is -0.461. The molecule has 0 fully saturated rings. The molecule has 110 valence electrons. The first kappa shape index (κ1) is 16.7. The minimum absolute atomic E-state index is 0.258. The molecular weight excluding hydrogens is 304 g/mol. The number of halogens is 1. The highest BCUT2D eigenvalue weighted by molar-refractivity contribution is 9.10. The molecule has 2 unspecified atom stereocenters. The minimum Gasteiger partial charge on any atom is -0.387 e. The van der Waals surface area contributed by atoms with Crippen molar-refractivity contribution in [2.45, 2.75) is 66.5 Å². The molecule has 0 bridgehead atoms. The first-order chi connectivity index (χ1) is 8.61. The fourth-order valence-corrected chi connectivity index (χ4v) is 3.23. The molecule has 2 atom stereocenters. The van der Waals surface area contributed by atoms with Crippen LogP contribution in [0, 0.1) is 11.3 Å². The van der Waals surface area contributed by atoms with E-state index in [1.807, 2.05) is 4.68 Å². The summed E-state index contributed by atoms with van der Waals surface area (Å²) in [5.74, 6) is 0.484. The van der Waals surface area contributed by atoms with Crippen molar-refractivity contribution in [3.05, 3.63) is 16.4 Å². The summed E-state index contributed by atoms with van der Waals surface area (Å²) in [5.41, 5.74) is 1.20. The van der Waals surface area contributed by atoms with Crippen LogP contribution < -0.4 is 0 Å². The molecule has 0 amide bonds. The molecule has 0 aromatic carbocycles. The van der Waals surface area contributed by atoms with E-state index in [1.165, 1.54) is 0 Å². The average molecular weight is 331 g/mol. The Bertz CT molecular complexity index is 407. The van der Waals surface area contributed by atoms with Gasteiger partial charge in [0.1, 0.15) is 0 Å². The first-order valence-corrected chi connectivity index (χ1v) is 7.82. The van der Waals surface area contributed by atoms with Gasteiger partial charge in [-0.05, 0) is 54.0 Å². The Kier molecular flexibility index (Phi) is 5.63. The van der Waals surface area contributed by atoms with E-state index in [0.717, 1.165) is 23.0 Å². The quantitative estimate of drug-likeness (QED) is 0.847. The van der Waals surface area contributed by atoms with Gasteiger partial charge in [0, 0.05) is 6.04 Å². The van der Waals surface area contributed by atoms with Gasteiger partial charge in [0.15, 0.2) is 0 Å². The van der Waals surface area contributed by atoms with Gasteiger partial charge in [0.2, 0.25) is 0 Å². The molecule has 1 N–H and O–H groups in total. The highest BCUT2D eigenvalue weighted by atomic mass is 79.9. The zero-order valence-corrected chi connectivity index (χ0v) is 14.5. The maximum Gasteiger partial charge on any atom is 0.0970 e. The summed E-state index contributed by atoms with van der Waals surface area (Å²) in [6.07, 6.45) is 3.19. The maximum absolute atomic E-state index is 10.5. The highest BCUT2D eigenvalue weighted by Gasteiger charge is 2.23. The lowest BCUT2D eigenvalue weighted by Gasteiger charge is -2.25. The second-order valence-corrected chi connectivity index (χ2v) is 7.89. The van der Waals surface area contributed by atoms with E-state index < -0.39 is 6.10 Å². The fourth-order valence-electron chi connectivity index (χ4n) is 2.70. The van der Waals surface area contributed by atoms with Gasteiger partial charge in [-0.25, -0.2) is 0 Å². The standard InChI is InChI=1S/C15H27BrN2O/c1-10(2)18-14(12(16)9-17-18)13(19)7-11(3)8-15(4,5)6/h9-11,13,19H,7-8H2,1-6H3. The van der Waals surface area contributed by atoms with Crippen LogP contribution in [0.4, 0.5) is 0 Å². The van der Waals surface area contributed by atoms with E-state index in [9.17, 15) is 5.11 Å². The van der Waals surface area contributed by atoms with Crippen LogP contribution in [0.1, 0.15) is 72.2 Å². The van der Waals surface area contributed by atoms with E-state index in [1.54, 1.807) is 6.20 Å². The predicted molar refractivity (Wildman–Crippen MR) is 83.1 cm³/mol. The van der Waals surface area contributed by atoms with Gasteiger partial charge < -0.3 is 5.11 Å². The smallest absolute Gasteiger partial charge is 0.0970 e. The van der Waals surface area contributed by atoms with Gasteiger partial charge in [-0.3, -0.25) is 4.68 Å². The number of aliphatic hydroxyl groups excluding tert-OH is 1. The normalized spacial score (nSPS) is 15.8. The molecule has 1 heterocycles. The summed E-state index contributed by atoms with van der Waals surface area (Å²) in [4.78, 5) is 0. The van der Waals surface area contributed by atoms with Crippen molar-refractivity contribution in [2.24, 2.45) is 11.3 Å². The molecule has 0 radical (unpaired) electrons. The van der Waals surface area contributed by atoms with Gasteiger partial charge in [-0.1, -0.05) is 27.7 Å². The number of nitrogens with zero attached hydrogens (tertiary/aromatic N) is 2. The number of hydrogen-bond donors (Lipinski definition) is 1. The van der Waals surface area contributed by atoms with Gasteiger partial charge in [-0.2, -0.15) is 5.10 Å². The number of aromatic nitrogens is 2. The van der Waals surface area contributed by atoms with E-state index in [4.69, 9.17) is 0 Å². The summed E-state index contributed by atoms with van der Waals surface area (Å²) >= 11 is 3.49. The third-order valence-electron chi connectivity index (χ3n) is 3.18. The summed E-state index contributed by atoms with van der Waals surface area (Å²) in [5, 5.41) is 14.8. The van der Waals surface area contributed by atoms with Crippen molar-refractivity contribution in [1.29, 1.82) is 0 Å². The fraction of sp³-hybridized carbons (Fsp3) is 0.800. The molecule has 1 aromatic heterocycles. The van der Waals surface area contributed by atoms with Crippen molar-refractivity contribution < 1.29 is 5.11 Å². The Balaban J connectivity index is 2.78. The van der Waals surface area contributed by atoms with E-state index in [0.29, 0.717) is 11.3 Å². The van der Waals surface area contributed by atoms with Gasteiger partial charge >= 0.3 is 0 Å². The van der Waals surface area contributed by atoms with Crippen molar-refractivity contribution >= 4 is 15.9 Å². The Hall–Kier alpha value is -0.350. The molecule has 0 saturated heterocycles. The Morgan fingerprint density at radius 2 is 1.89 bits per heavy atom. The summed E-state index contributed by atoms with van der Waals surface area (Å²) < 4.78 is 2.80. The average Bonchev–Trinajstić information content (AvgIpc) is 2.56. The molecule has 19 heavy (non-hydrogen) atoms. The molecule has 0 saturated carbocycles. The van der Waals surface area contributed by atoms with Crippen LogP contribution >= 0.6 is 15.9 Å². The zero-order chi connectivity index (χ0) is 14.8. The molecule has 0 aliphatic rings. The summed E-state index contributed by atoms with van der Waals surface area (Å²) in [7, 11) is 0. The lowest BCUT2D eigenvalue weighted by Crippen LogP contribution is -2.17. The summed E-state index contributed by atoms with van der Waals surface area (Å²) in [6, 6.07) is 0.258. The monoisotopic (exact) mass is 330 g/mol. The number of aliphatic hydroxyl groups is 1. The molecule has 0 spiro atoms. The number of hydrogen-bond acceptors (Lipinski definition) is 2. The SMILES string of the molecule is CC(CC(O)c1c(Br)cnn1C(C)C)CC(C)(C)C. The van der Waals surface area contributed by atoms with Crippen LogP contribution in [0.25, 0.3) is 0 Å². The molecule has 3 nitrogen and oxygen atoms in total. The predicted octanol–water partition coefficient (Wildman–Crippen LogP) is 4.72. The third-order valence-corrected chi connectivity index (χ3v) is 3.79. The summed E-state index contributed by atoms with van der Waals surface area (Å²) in [6.45, 7) is 13.1. The van der Waals surface area contributed by atoms with Crippen LogP contribution in [0.15, 0.2) is 10.7 Å². The largest absolute Gasteiger partial charge is 0.387 e. The van der Waals surface area contributed by atoms with Crippen molar-refractivity contribution in [3.8, 4) is 0 Å². The topological polar surface area (TPSA) is 38.1 Å². The van der Waals surface area contributed by atoms with Gasteiger partial charge in [0.25, 0.3) is 0 Å². The van der Waals surface area contributed by atoms with Crippen LogP contribution in [0.3, 0.4) is 0 Å². The van der Waals surface area contributed by atoms with E-state index >= 15 is 0 Å². The molecular formula is C15H27BrN2O. The van der Waals surface area contributed by atoms with Crippen molar-refractivity contribution in [2.75, 3.05) is 0 Å². The molecule has 1 rings (SSSR count). The Labute approximate surface area is 125 Å². The Morgan fingerprint density at radius 3 is 2.37 bits per heavy atom. The maximum atomic E-state index is 10.5. The molecule has 4 heteroatoms. The van der Waals surface area contributed by atoms with Gasteiger partial charge in [-0.15, -0.1) is 0 Å². The Morgan fingerprint density at radius 1 is 1.32 bits per heavy atom. The molecule has 0 aliphatic carbocycles. The van der Waals surface area contributed by atoms with Gasteiger partial charge in [0.05, 0.1) is 22.5 Å². The van der Waals surface area contributed by atoms with E-state index in [2.05, 4.69) is 62.6 Å². The van der Waals surface area contributed by atoms with Crippen molar-refractivity contribution in [3.63, 3.8) is 0 Å². The highest BCUT2D eigenvalue weighted by Crippen LogP contribution is 2.33. The molecule has 1 aromatic rings. The van der Waals surface area contributed by atoms with E-state index in [-0.39, 0.29) is 6.04 Å². The van der Waals surface area contributed by atoms with Crippen LogP contribution in [-0.4, -0.2) is 14.9 Å². The number of rotatable bonds is 5. The zero-order valence-electron chi connectivity index (χ0n) is 12.9. The molecule has 0 aliphatic heterocycles. The second-order valence-electron chi connectivity index (χ2n) is 7.04. The third kappa shape index (κ3) is 4.92. The first-order valence-electron chi connectivity index (χ1n) is 7.02. The van der Waals surface area contributed by atoms with Crippen molar-refractivity contribution in [1.82, 2.24) is 9.78 Å². The van der Waals surface area contributed by atoms with Crippen LogP contribution in [0.2, 0.25) is 0 Å². The van der Waals surface area contributed by atoms with Crippen LogP contribution in [-0.2, 0) is 0 Å². The second kappa shape index (κ2) is 6.40. The van der Waals surface area contributed by atoms with Crippen LogP contribution in [0.5, 0.6) is 0 Å².